The van der Waals surface area contributed by atoms with Crippen molar-refractivity contribution in [1.29, 1.82) is 0 Å². The normalized spacial score (nSPS) is 11.0. The van der Waals surface area contributed by atoms with E-state index in [1.54, 1.807) is 6.20 Å². The lowest BCUT2D eigenvalue weighted by Gasteiger charge is -2.12. The van der Waals surface area contributed by atoms with Gasteiger partial charge in [0.2, 0.25) is 0 Å². The first-order valence-electron chi connectivity index (χ1n) is 7.82. The lowest BCUT2D eigenvalue weighted by atomic mass is 10.1. The Bertz CT molecular complexity index is 580. The summed E-state index contributed by atoms with van der Waals surface area (Å²) in [5.41, 5.74) is 2.54. The fourth-order valence-corrected chi connectivity index (χ4v) is 2.18. The topological polar surface area (TPSA) is 54.2 Å². The monoisotopic (exact) mass is 427 g/mol. The predicted molar refractivity (Wildman–Crippen MR) is 106 cm³/mol. The first kappa shape index (κ1) is 19.5. The van der Waals surface area contributed by atoms with Gasteiger partial charge in [-0.15, -0.1) is 24.0 Å². The Hall–Kier alpha value is -1.57. The van der Waals surface area contributed by atoms with E-state index >= 15 is 0 Å². The maximum absolute atomic E-state index is 4.65. The maximum atomic E-state index is 4.65. The zero-order chi connectivity index (χ0) is 15.6. The van der Waals surface area contributed by atoms with E-state index < -0.39 is 0 Å². The van der Waals surface area contributed by atoms with Crippen molar-refractivity contribution in [1.82, 2.24) is 20.2 Å². The summed E-state index contributed by atoms with van der Waals surface area (Å²) in [5, 5.41) is 6.66. The summed E-state index contributed by atoms with van der Waals surface area (Å²) in [5.74, 6) is 0.872. The van der Waals surface area contributed by atoms with Crippen molar-refractivity contribution >= 4 is 29.9 Å². The number of hydrogen-bond acceptors (Lipinski definition) is 2. The number of guanidine groups is 1. The molecule has 6 heteroatoms. The van der Waals surface area contributed by atoms with Crippen molar-refractivity contribution in [2.45, 2.75) is 33.4 Å². The third kappa shape index (κ3) is 7.02. The van der Waals surface area contributed by atoms with E-state index in [4.69, 9.17) is 0 Å². The minimum absolute atomic E-state index is 0. The minimum atomic E-state index is 0. The molecule has 0 radical (unpaired) electrons. The van der Waals surface area contributed by atoms with E-state index in [1.807, 2.05) is 12.5 Å². The smallest absolute Gasteiger partial charge is 0.191 e. The number of nitrogens with zero attached hydrogens (tertiary/aromatic N) is 3. The van der Waals surface area contributed by atoms with E-state index in [0.29, 0.717) is 6.54 Å². The molecule has 126 valence electrons. The van der Waals surface area contributed by atoms with Gasteiger partial charge in [-0.2, -0.15) is 0 Å². The fraction of sp³-hybridized carbons (Fsp3) is 0.412. The first-order chi connectivity index (χ1) is 10.8. The average Bonchev–Trinajstić information content (AvgIpc) is 3.03. The SMILES string of the molecule is CCNC(=NCc1ccccc1C)NCCCn1ccnc1.I. The molecule has 1 aromatic heterocycles. The van der Waals surface area contributed by atoms with Crippen LogP contribution in [-0.2, 0) is 13.1 Å². The third-order valence-electron chi connectivity index (χ3n) is 3.46. The zero-order valence-electron chi connectivity index (χ0n) is 13.8. The van der Waals surface area contributed by atoms with Gasteiger partial charge in [-0.3, -0.25) is 0 Å². The second-order valence-corrected chi connectivity index (χ2v) is 5.20. The Balaban J connectivity index is 0.00000264. The average molecular weight is 427 g/mol. The van der Waals surface area contributed by atoms with Gasteiger partial charge in [0.25, 0.3) is 0 Å². The molecule has 5 nitrogen and oxygen atoms in total. The standard InChI is InChI=1S/C17H25N5.HI/c1-3-19-17(20-9-6-11-22-12-10-18-14-22)21-13-16-8-5-4-7-15(16)2;/h4-5,7-8,10,12,14H,3,6,9,11,13H2,1-2H3,(H2,19,20,21);1H. The summed E-state index contributed by atoms with van der Waals surface area (Å²) in [6.45, 7) is 7.61. The lowest BCUT2D eigenvalue weighted by molar-refractivity contribution is 0.624. The van der Waals surface area contributed by atoms with Crippen LogP contribution in [0.25, 0.3) is 0 Å². The van der Waals surface area contributed by atoms with Crippen LogP contribution in [0, 0.1) is 6.92 Å². The van der Waals surface area contributed by atoms with Crippen molar-refractivity contribution in [2.24, 2.45) is 4.99 Å². The van der Waals surface area contributed by atoms with E-state index in [0.717, 1.165) is 32.0 Å². The van der Waals surface area contributed by atoms with Crippen LogP contribution < -0.4 is 10.6 Å². The maximum Gasteiger partial charge on any atom is 0.191 e. The number of benzene rings is 1. The number of rotatable bonds is 7. The molecule has 2 N–H and O–H groups in total. The molecule has 0 aliphatic rings. The summed E-state index contributed by atoms with van der Waals surface area (Å²) < 4.78 is 2.08. The lowest BCUT2D eigenvalue weighted by Crippen LogP contribution is -2.38. The molecule has 0 bridgehead atoms. The Kier molecular flexibility index (Phi) is 9.35. The quantitative estimate of drug-likeness (QED) is 0.309. The largest absolute Gasteiger partial charge is 0.357 e. The molecule has 1 aromatic carbocycles. The number of halogens is 1. The van der Waals surface area contributed by atoms with E-state index in [2.05, 4.69) is 63.3 Å². The Labute approximate surface area is 155 Å². The molecule has 0 amide bonds. The number of aryl methyl sites for hydroxylation is 2. The molecule has 23 heavy (non-hydrogen) atoms. The highest BCUT2D eigenvalue weighted by Crippen LogP contribution is 2.07. The summed E-state index contributed by atoms with van der Waals surface area (Å²) in [6.07, 6.45) is 6.67. The molecule has 1 heterocycles. The summed E-state index contributed by atoms with van der Waals surface area (Å²) in [7, 11) is 0. The highest BCUT2D eigenvalue weighted by Gasteiger charge is 1.99. The predicted octanol–water partition coefficient (Wildman–Crippen LogP) is 2.95. The molecule has 2 rings (SSSR count). The van der Waals surface area contributed by atoms with Gasteiger partial charge in [-0.25, -0.2) is 9.98 Å². The van der Waals surface area contributed by atoms with Crippen LogP contribution in [0.1, 0.15) is 24.5 Å². The van der Waals surface area contributed by atoms with Gasteiger partial charge in [-0.1, -0.05) is 24.3 Å². The van der Waals surface area contributed by atoms with Crippen LogP contribution in [-0.4, -0.2) is 28.6 Å². The summed E-state index contributed by atoms with van der Waals surface area (Å²) in [4.78, 5) is 8.70. The summed E-state index contributed by atoms with van der Waals surface area (Å²) in [6, 6.07) is 8.36. The van der Waals surface area contributed by atoms with Gasteiger partial charge in [0.05, 0.1) is 12.9 Å². The second-order valence-electron chi connectivity index (χ2n) is 5.20. The highest BCUT2D eigenvalue weighted by atomic mass is 127. The number of nitrogens with one attached hydrogen (secondary N) is 2. The van der Waals surface area contributed by atoms with E-state index in [9.17, 15) is 0 Å². The van der Waals surface area contributed by atoms with Crippen LogP contribution in [0.4, 0.5) is 0 Å². The molecule has 0 unspecified atom stereocenters. The van der Waals surface area contributed by atoms with Crippen molar-refractivity contribution in [3.05, 3.63) is 54.1 Å². The number of hydrogen-bond donors (Lipinski definition) is 2. The molecule has 0 fully saturated rings. The zero-order valence-corrected chi connectivity index (χ0v) is 16.2. The molecule has 0 saturated carbocycles. The number of aliphatic imine (C=N–C) groups is 1. The molecule has 2 aromatic rings. The van der Waals surface area contributed by atoms with Crippen molar-refractivity contribution in [3.63, 3.8) is 0 Å². The van der Waals surface area contributed by atoms with Gasteiger partial charge in [-0.05, 0) is 31.4 Å². The number of imidazole rings is 1. The molecule has 0 aliphatic heterocycles. The first-order valence-corrected chi connectivity index (χ1v) is 7.82. The molecular formula is C17H26IN5. The number of aromatic nitrogens is 2. The highest BCUT2D eigenvalue weighted by molar-refractivity contribution is 14.0. The van der Waals surface area contributed by atoms with Crippen molar-refractivity contribution in [2.75, 3.05) is 13.1 Å². The van der Waals surface area contributed by atoms with Crippen LogP contribution >= 0.6 is 24.0 Å². The molecule has 0 spiro atoms. The third-order valence-corrected chi connectivity index (χ3v) is 3.46. The van der Waals surface area contributed by atoms with Gasteiger partial charge in [0.1, 0.15) is 0 Å². The molecule has 0 aliphatic carbocycles. The molecule has 0 saturated heterocycles. The van der Waals surface area contributed by atoms with Crippen molar-refractivity contribution in [3.8, 4) is 0 Å². The minimum Gasteiger partial charge on any atom is -0.357 e. The Morgan fingerprint density at radius 1 is 1.26 bits per heavy atom. The second kappa shape index (κ2) is 11.0. The van der Waals surface area contributed by atoms with Gasteiger partial charge in [0.15, 0.2) is 5.96 Å². The van der Waals surface area contributed by atoms with Gasteiger partial charge in [0, 0.05) is 32.0 Å². The van der Waals surface area contributed by atoms with Crippen molar-refractivity contribution < 1.29 is 0 Å². The van der Waals surface area contributed by atoms with Crippen LogP contribution in [0.3, 0.4) is 0 Å². The van der Waals surface area contributed by atoms with Gasteiger partial charge >= 0.3 is 0 Å². The Morgan fingerprint density at radius 2 is 2.09 bits per heavy atom. The molecule has 0 atom stereocenters. The summed E-state index contributed by atoms with van der Waals surface area (Å²) >= 11 is 0. The van der Waals surface area contributed by atoms with E-state index in [-0.39, 0.29) is 24.0 Å². The van der Waals surface area contributed by atoms with Gasteiger partial charge < -0.3 is 15.2 Å². The van der Waals surface area contributed by atoms with Crippen LogP contribution in [0.15, 0.2) is 48.0 Å². The van der Waals surface area contributed by atoms with Crippen LogP contribution in [0.5, 0.6) is 0 Å². The Morgan fingerprint density at radius 3 is 2.78 bits per heavy atom. The fourth-order valence-electron chi connectivity index (χ4n) is 2.18. The molecular weight excluding hydrogens is 401 g/mol. The van der Waals surface area contributed by atoms with Crippen LogP contribution in [0.2, 0.25) is 0 Å². The van der Waals surface area contributed by atoms with E-state index in [1.165, 1.54) is 11.1 Å².